The second-order valence-corrected chi connectivity index (χ2v) is 6.95. The Bertz CT molecular complexity index is 825. The fourth-order valence-electron chi connectivity index (χ4n) is 3.51. The molecule has 0 atom stereocenters. The maximum atomic E-state index is 11.7. The van der Waals surface area contributed by atoms with Gasteiger partial charge in [-0.3, -0.25) is 4.90 Å². The van der Waals surface area contributed by atoms with Crippen molar-refractivity contribution in [3.63, 3.8) is 0 Å². The van der Waals surface area contributed by atoms with Gasteiger partial charge >= 0.3 is 5.97 Å². The van der Waals surface area contributed by atoms with Gasteiger partial charge in [-0.05, 0) is 67.3 Å². The number of nitrogens with zero attached hydrogens (tertiary/aromatic N) is 1. The summed E-state index contributed by atoms with van der Waals surface area (Å²) >= 11 is 0. The molecule has 0 fully saturated rings. The topological polar surface area (TPSA) is 57.2 Å². The predicted molar refractivity (Wildman–Crippen MR) is 118 cm³/mol. The molecule has 0 saturated heterocycles. The molecule has 164 valence electrons. The van der Waals surface area contributed by atoms with Crippen molar-refractivity contribution in [3.05, 3.63) is 53.1 Å². The molecule has 0 N–H and O–H groups in total. The summed E-state index contributed by atoms with van der Waals surface area (Å²) in [5, 5.41) is 0. The molecule has 0 spiro atoms. The van der Waals surface area contributed by atoms with Crippen LogP contribution in [0.4, 0.5) is 0 Å². The van der Waals surface area contributed by atoms with Crippen LogP contribution in [0.2, 0.25) is 0 Å². The number of methoxy groups -OCH3 is 2. The first-order valence-electron chi connectivity index (χ1n) is 10.0. The predicted octanol–water partition coefficient (Wildman–Crippen LogP) is 4.13. The highest BCUT2D eigenvalue weighted by molar-refractivity contribution is 5.89. The highest BCUT2D eigenvalue weighted by atomic mass is 35.5. The van der Waals surface area contributed by atoms with Gasteiger partial charge in [0.05, 0.1) is 33.0 Å². The van der Waals surface area contributed by atoms with Crippen LogP contribution in [0.3, 0.4) is 0 Å². The third kappa shape index (κ3) is 6.03. The summed E-state index contributed by atoms with van der Waals surface area (Å²) in [7, 11) is 3.34. The summed E-state index contributed by atoms with van der Waals surface area (Å²) in [6, 6.07) is 11.3. The van der Waals surface area contributed by atoms with Crippen LogP contribution in [0.5, 0.6) is 17.2 Å². The van der Waals surface area contributed by atoms with E-state index in [-0.39, 0.29) is 18.4 Å². The van der Waals surface area contributed by atoms with E-state index in [1.807, 2.05) is 12.1 Å². The first-order valence-corrected chi connectivity index (χ1v) is 10.0. The van der Waals surface area contributed by atoms with E-state index in [1.54, 1.807) is 33.3 Å². The Morgan fingerprint density at radius 2 is 1.70 bits per heavy atom. The van der Waals surface area contributed by atoms with Crippen molar-refractivity contribution in [3.8, 4) is 17.2 Å². The van der Waals surface area contributed by atoms with Gasteiger partial charge in [-0.15, -0.1) is 12.4 Å². The van der Waals surface area contributed by atoms with Gasteiger partial charge in [-0.1, -0.05) is 0 Å². The first-order chi connectivity index (χ1) is 14.1. The minimum Gasteiger partial charge on any atom is -0.494 e. The number of carbonyl (C=O) groups is 1. The molecule has 0 radical (unpaired) electrons. The lowest BCUT2D eigenvalue weighted by Crippen LogP contribution is -2.32. The molecule has 0 aromatic heterocycles. The molecule has 3 rings (SSSR count). The Morgan fingerprint density at radius 3 is 2.33 bits per heavy atom. The van der Waals surface area contributed by atoms with Crippen molar-refractivity contribution in [2.24, 2.45) is 0 Å². The minimum atomic E-state index is -0.307. The normalized spacial score (nSPS) is 13.0. The summed E-state index contributed by atoms with van der Waals surface area (Å²) in [4.78, 5) is 14.1. The summed E-state index contributed by atoms with van der Waals surface area (Å²) in [6.45, 7) is 5.70. The number of hydrogen-bond donors (Lipinski definition) is 0. The zero-order valence-corrected chi connectivity index (χ0v) is 18.6. The van der Waals surface area contributed by atoms with Gasteiger partial charge in [0.25, 0.3) is 0 Å². The zero-order valence-electron chi connectivity index (χ0n) is 17.8. The van der Waals surface area contributed by atoms with E-state index in [0.717, 1.165) is 49.7 Å². The maximum absolute atomic E-state index is 11.7. The number of hydrogen-bond acceptors (Lipinski definition) is 6. The van der Waals surface area contributed by atoms with Gasteiger partial charge < -0.3 is 18.9 Å². The van der Waals surface area contributed by atoms with E-state index in [1.165, 1.54) is 11.1 Å². The molecule has 1 aliphatic rings. The number of fused-ring (bicyclic) bond motifs is 1. The zero-order chi connectivity index (χ0) is 20.6. The van der Waals surface area contributed by atoms with Crippen molar-refractivity contribution in [1.82, 2.24) is 4.90 Å². The summed E-state index contributed by atoms with van der Waals surface area (Å²) in [6.07, 6.45) is 1.94. The molecular formula is C23H30ClNO5. The quantitative estimate of drug-likeness (QED) is 0.436. The van der Waals surface area contributed by atoms with Gasteiger partial charge in [0.15, 0.2) is 11.5 Å². The maximum Gasteiger partial charge on any atom is 0.338 e. The van der Waals surface area contributed by atoms with Crippen LogP contribution in [0.15, 0.2) is 36.4 Å². The molecule has 0 amide bonds. The number of rotatable bonds is 9. The molecule has 0 saturated carbocycles. The van der Waals surface area contributed by atoms with Gasteiger partial charge in [0.2, 0.25) is 0 Å². The van der Waals surface area contributed by atoms with Crippen LogP contribution in [0.25, 0.3) is 0 Å². The monoisotopic (exact) mass is 435 g/mol. The third-order valence-corrected chi connectivity index (χ3v) is 5.05. The average molecular weight is 436 g/mol. The number of carbonyl (C=O) groups excluding carboxylic acids is 1. The fraction of sp³-hybridized carbons (Fsp3) is 0.435. The van der Waals surface area contributed by atoms with Crippen molar-refractivity contribution in [2.45, 2.75) is 26.3 Å². The smallest absolute Gasteiger partial charge is 0.338 e. The lowest BCUT2D eigenvalue weighted by molar-refractivity contribution is 0.0526. The van der Waals surface area contributed by atoms with E-state index in [9.17, 15) is 4.79 Å². The average Bonchev–Trinajstić information content (AvgIpc) is 2.76. The van der Waals surface area contributed by atoms with Crippen LogP contribution in [0.1, 0.15) is 34.8 Å². The molecule has 30 heavy (non-hydrogen) atoms. The van der Waals surface area contributed by atoms with Crippen LogP contribution in [-0.4, -0.2) is 51.4 Å². The Hall–Kier alpha value is -2.44. The third-order valence-electron chi connectivity index (χ3n) is 5.05. The van der Waals surface area contributed by atoms with Crippen LogP contribution in [0, 0.1) is 0 Å². The SMILES string of the molecule is CCOC(=O)c1ccc(OCCCN2CCc3cc(OC)c(OC)cc3C2)cc1.Cl. The lowest BCUT2D eigenvalue weighted by Gasteiger charge is -2.29. The van der Waals surface area contributed by atoms with Crippen molar-refractivity contribution in [2.75, 3.05) is 40.5 Å². The Balaban J connectivity index is 0.00000320. The van der Waals surface area contributed by atoms with Gasteiger partial charge in [-0.2, -0.15) is 0 Å². The first kappa shape index (κ1) is 23.8. The Kier molecular flexibility index (Phi) is 9.27. The van der Waals surface area contributed by atoms with Crippen LogP contribution < -0.4 is 14.2 Å². The Labute approximate surface area is 184 Å². The van der Waals surface area contributed by atoms with Crippen molar-refractivity contribution < 1.29 is 23.7 Å². The van der Waals surface area contributed by atoms with Gasteiger partial charge in [-0.25, -0.2) is 4.79 Å². The van der Waals surface area contributed by atoms with E-state index in [4.69, 9.17) is 18.9 Å². The second-order valence-electron chi connectivity index (χ2n) is 6.95. The highest BCUT2D eigenvalue weighted by Crippen LogP contribution is 2.33. The summed E-state index contributed by atoms with van der Waals surface area (Å²) in [5.41, 5.74) is 3.17. The lowest BCUT2D eigenvalue weighted by atomic mass is 9.98. The standard InChI is InChI=1S/C23H29NO5.ClH/c1-4-28-23(25)17-6-8-20(9-7-17)29-13-5-11-24-12-10-18-14-21(26-2)22(27-3)15-19(18)16-24;/h6-9,14-15H,4-5,10-13,16H2,1-3H3;1H. The van der Waals surface area contributed by atoms with Crippen LogP contribution >= 0.6 is 12.4 Å². The minimum absolute atomic E-state index is 0. The molecule has 6 nitrogen and oxygen atoms in total. The molecule has 7 heteroatoms. The van der Waals surface area contributed by atoms with Crippen LogP contribution in [-0.2, 0) is 17.7 Å². The largest absolute Gasteiger partial charge is 0.494 e. The number of ether oxygens (including phenoxy) is 4. The number of benzene rings is 2. The van der Waals surface area contributed by atoms with E-state index >= 15 is 0 Å². The molecule has 1 aliphatic heterocycles. The van der Waals surface area contributed by atoms with E-state index in [0.29, 0.717) is 18.8 Å². The number of esters is 1. The summed E-state index contributed by atoms with van der Waals surface area (Å²) in [5.74, 6) is 2.03. The fourth-order valence-corrected chi connectivity index (χ4v) is 3.51. The second kappa shape index (κ2) is 11.7. The molecule has 0 aliphatic carbocycles. The van der Waals surface area contributed by atoms with E-state index in [2.05, 4.69) is 17.0 Å². The molecule has 0 unspecified atom stereocenters. The highest BCUT2D eigenvalue weighted by Gasteiger charge is 2.19. The molecular weight excluding hydrogens is 406 g/mol. The Morgan fingerprint density at radius 1 is 1.03 bits per heavy atom. The molecule has 2 aromatic rings. The van der Waals surface area contributed by atoms with Crippen molar-refractivity contribution in [1.29, 1.82) is 0 Å². The van der Waals surface area contributed by atoms with Crippen molar-refractivity contribution >= 4 is 18.4 Å². The molecule has 0 bridgehead atoms. The van der Waals surface area contributed by atoms with E-state index < -0.39 is 0 Å². The van der Waals surface area contributed by atoms with Gasteiger partial charge in [0, 0.05) is 19.6 Å². The molecule has 2 aromatic carbocycles. The molecule has 1 heterocycles. The van der Waals surface area contributed by atoms with Gasteiger partial charge in [0.1, 0.15) is 5.75 Å². The number of halogens is 1. The summed E-state index contributed by atoms with van der Waals surface area (Å²) < 4.78 is 21.6.